The zero-order chi connectivity index (χ0) is 9.26. The first-order chi connectivity index (χ1) is 6.27. The van der Waals surface area contributed by atoms with Crippen molar-refractivity contribution >= 4 is 11.4 Å². The van der Waals surface area contributed by atoms with Gasteiger partial charge in [-0.15, -0.1) is 0 Å². The quantitative estimate of drug-likeness (QED) is 0.761. The van der Waals surface area contributed by atoms with E-state index in [4.69, 9.17) is 5.73 Å². The fraction of sp³-hybridized carbons (Fsp3) is 0.500. The third-order valence-electron chi connectivity index (χ3n) is 2.47. The molecule has 1 heterocycles. The van der Waals surface area contributed by atoms with Crippen molar-refractivity contribution in [2.24, 2.45) is 5.92 Å². The topological polar surface area (TPSA) is 42.2 Å². The molecule has 2 N–H and O–H groups in total. The molecule has 70 valence electrons. The Morgan fingerprint density at radius 1 is 1.62 bits per heavy atom. The van der Waals surface area contributed by atoms with Crippen LogP contribution >= 0.6 is 0 Å². The van der Waals surface area contributed by atoms with Crippen LogP contribution in [-0.2, 0) is 0 Å². The molecular weight excluding hydrogens is 162 g/mol. The van der Waals surface area contributed by atoms with Crippen LogP contribution in [0.2, 0.25) is 0 Å². The van der Waals surface area contributed by atoms with E-state index < -0.39 is 0 Å². The molecule has 0 aliphatic heterocycles. The van der Waals surface area contributed by atoms with Gasteiger partial charge in [-0.05, 0) is 24.8 Å². The average Bonchev–Trinajstić information content (AvgIpc) is 2.89. The molecule has 1 saturated carbocycles. The van der Waals surface area contributed by atoms with E-state index in [0.29, 0.717) is 0 Å². The second-order valence-corrected chi connectivity index (χ2v) is 3.76. The molecule has 0 radical (unpaired) electrons. The minimum absolute atomic E-state index is 0.769. The third-order valence-corrected chi connectivity index (χ3v) is 2.47. The van der Waals surface area contributed by atoms with Crippen LogP contribution in [0.15, 0.2) is 18.5 Å². The molecule has 0 aromatic carbocycles. The highest BCUT2D eigenvalue weighted by molar-refractivity contribution is 5.65. The van der Waals surface area contributed by atoms with E-state index in [0.717, 1.165) is 23.8 Å². The molecule has 1 aromatic heterocycles. The van der Waals surface area contributed by atoms with Crippen LogP contribution < -0.4 is 10.6 Å². The highest BCUT2D eigenvalue weighted by Crippen LogP contribution is 2.31. The van der Waals surface area contributed by atoms with Crippen LogP contribution in [0.3, 0.4) is 0 Å². The molecule has 0 saturated heterocycles. The lowest BCUT2D eigenvalue weighted by atomic mass is 10.3. The van der Waals surface area contributed by atoms with Crippen molar-refractivity contribution in [2.75, 3.05) is 24.2 Å². The zero-order valence-electron chi connectivity index (χ0n) is 7.90. The largest absolute Gasteiger partial charge is 0.396 e. The summed E-state index contributed by atoms with van der Waals surface area (Å²) in [6, 6.07) is 1.97. The number of nitrogen functional groups attached to an aromatic ring is 1. The minimum atomic E-state index is 0.769. The first-order valence-electron chi connectivity index (χ1n) is 4.68. The molecule has 1 fully saturated rings. The number of aromatic nitrogens is 1. The van der Waals surface area contributed by atoms with Gasteiger partial charge in [0.2, 0.25) is 0 Å². The smallest absolute Gasteiger partial charge is 0.0738 e. The van der Waals surface area contributed by atoms with Crippen LogP contribution in [0, 0.1) is 5.92 Å². The van der Waals surface area contributed by atoms with Gasteiger partial charge in [0, 0.05) is 19.8 Å². The summed E-state index contributed by atoms with van der Waals surface area (Å²) in [4.78, 5) is 6.19. The maximum atomic E-state index is 5.81. The number of pyridine rings is 1. The predicted octanol–water partition coefficient (Wildman–Crippen LogP) is 1.51. The van der Waals surface area contributed by atoms with E-state index in [1.54, 1.807) is 12.4 Å². The first kappa shape index (κ1) is 8.35. The van der Waals surface area contributed by atoms with Crippen molar-refractivity contribution in [3.63, 3.8) is 0 Å². The molecule has 2 rings (SSSR count). The second-order valence-electron chi connectivity index (χ2n) is 3.76. The summed E-state index contributed by atoms with van der Waals surface area (Å²) >= 11 is 0. The van der Waals surface area contributed by atoms with E-state index in [1.165, 1.54) is 12.8 Å². The maximum absolute atomic E-state index is 5.81. The van der Waals surface area contributed by atoms with E-state index >= 15 is 0 Å². The molecule has 13 heavy (non-hydrogen) atoms. The molecule has 1 aliphatic rings. The van der Waals surface area contributed by atoms with Crippen molar-refractivity contribution in [3.8, 4) is 0 Å². The molecular formula is C10H15N3. The summed E-state index contributed by atoms with van der Waals surface area (Å²) < 4.78 is 0. The number of nitrogens with two attached hydrogens (primary N) is 1. The minimum Gasteiger partial charge on any atom is -0.396 e. The van der Waals surface area contributed by atoms with Crippen LogP contribution in [0.5, 0.6) is 0 Å². The normalized spacial score (nSPS) is 15.8. The monoisotopic (exact) mass is 177 g/mol. The van der Waals surface area contributed by atoms with Crippen molar-refractivity contribution in [1.82, 2.24) is 4.98 Å². The molecule has 1 aromatic rings. The lowest BCUT2D eigenvalue weighted by Gasteiger charge is -2.20. The Balaban J connectivity index is 2.09. The van der Waals surface area contributed by atoms with E-state index in [-0.39, 0.29) is 0 Å². The summed E-state index contributed by atoms with van der Waals surface area (Å²) in [6.45, 7) is 1.12. The Hall–Kier alpha value is -1.25. The summed E-state index contributed by atoms with van der Waals surface area (Å²) in [5.41, 5.74) is 7.68. The van der Waals surface area contributed by atoms with Gasteiger partial charge in [-0.1, -0.05) is 0 Å². The van der Waals surface area contributed by atoms with Gasteiger partial charge in [0.1, 0.15) is 0 Å². The van der Waals surface area contributed by atoms with Gasteiger partial charge >= 0.3 is 0 Å². The maximum Gasteiger partial charge on any atom is 0.0738 e. The Morgan fingerprint density at radius 3 is 3.00 bits per heavy atom. The lowest BCUT2D eigenvalue weighted by molar-refractivity contribution is 0.787. The summed E-state index contributed by atoms with van der Waals surface area (Å²) in [5.74, 6) is 0.887. The van der Waals surface area contributed by atoms with Gasteiger partial charge < -0.3 is 10.6 Å². The number of nitrogens with zero attached hydrogens (tertiary/aromatic N) is 2. The summed E-state index contributed by atoms with van der Waals surface area (Å²) in [7, 11) is 2.09. The van der Waals surface area contributed by atoms with E-state index in [1.807, 2.05) is 6.07 Å². The van der Waals surface area contributed by atoms with Crippen molar-refractivity contribution in [1.29, 1.82) is 0 Å². The Labute approximate surface area is 78.6 Å². The standard InChI is InChI=1S/C10H15N3/c1-13(7-8-2-3-8)10-4-5-12-6-9(10)11/h4-6,8H,2-3,7,11H2,1H3. The van der Waals surface area contributed by atoms with Gasteiger partial charge in [0.15, 0.2) is 0 Å². The van der Waals surface area contributed by atoms with Gasteiger partial charge in [-0.25, -0.2) is 0 Å². The van der Waals surface area contributed by atoms with Crippen LogP contribution in [0.1, 0.15) is 12.8 Å². The Kier molecular flexibility index (Phi) is 2.08. The number of anilines is 2. The Morgan fingerprint density at radius 2 is 2.38 bits per heavy atom. The highest BCUT2D eigenvalue weighted by atomic mass is 15.1. The van der Waals surface area contributed by atoms with Crippen LogP contribution in [-0.4, -0.2) is 18.6 Å². The highest BCUT2D eigenvalue weighted by Gasteiger charge is 2.23. The van der Waals surface area contributed by atoms with Crippen molar-refractivity contribution in [3.05, 3.63) is 18.5 Å². The fourth-order valence-electron chi connectivity index (χ4n) is 1.53. The summed E-state index contributed by atoms with van der Waals surface area (Å²) in [6.07, 6.45) is 6.23. The van der Waals surface area contributed by atoms with Gasteiger partial charge in [0.25, 0.3) is 0 Å². The van der Waals surface area contributed by atoms with Crippen molar-refractivity contribution < 1.29 is 0 Å². The number of hydrogen-bond acceptors (Lipinski definition) is 3. The molecule has 0 amide bonds. The zero-order valence-corrected chi connectivity index (χ0v) is 7.90. The molecule has 0 spiro atoms. The van der Waals surface area contributed by atoms with E-state index in [9.17, 15) is 0 Å². The lowest BCUT2D eigenvalue weighted by Crippen LogP contribution is -2.21. The van der Waals surface area contributed by atoms with Gasteiger partial charge in [0.05, 0.1) is 17.6 Å². The van der Waals surface area contributed by atoms with Crippen molar-refractivity contribution in [2.45, 2.75) is 12.8 Å². The SMILES string of the molecule is CN(CC1CC1)c1ccncc1N. The number of hydrogen-bond donors (Lipinski definition) is 1. The van der Waals surface area contributed by atoms with Crippen LogP contribution in [0.4, 0.5) is 11.4 Å². The molecule has 0 atom stereocenters. The molecule has 3 heteroatoms. The Bertz CT molecular complexity index is 294. The molecule has 1 aliphatic carbocycles. The van der Waals surface area contributed by atoms with Gasteiger partial charge in [-0.3, -0.25) is 4.98 Å². The number of rotatable bonds is 3. The third kappa shape index (κ3) is 1.91. The fourth-order valence-corrected chi connectivity index (χ4v) is 1.53. The summed E-state index contributed by atoms with van der Waals surface area (Å²) in [5, 5.41) is 0. The molecule has 3 nitrogen and oxygen atoms in total. The molecule has 0 bridgehead atoms. The average molecular weight is 177 g/mol. The second kappa shape index (κ2) is 3.24. The molecule has 0 unspecified atom stereocenters. The predicted molar refractivity (Wildman–Crippen MR) is 54.6 cm³/mol. The first-order valence-corrected chi connectivity index (χ1v) is 4.68. The van der Waals surface area contributed by atoms with Gasteiger partial charge in [-0.2, -0.15) is 0 Å². The van der Waals surface area contributed by atoms with Crippen LogP contribution in [0.25, 0.3) is 0 Å². The van der Waals surface area contributed by atoms with E-state index in [2.05, 4.69) is 16.9 Å².